The van der Waals surface area contributed by atoms with E-state index < -0.39 is 0 Å². The zero-order chi connectivity index (χ0) is 14.6. The molecule has 0 nitrogen and oxygen atoms in total. The van der Waals surface area contributed by atoms with E-state index in [2.05, 4.69) is 76.2 Å². The molecule has 0 aliphatic rings. The van der Waals surface area contributed by atoms with Gasteiger partial charge in [-0.15, -0.1) is 0 Å². The quantitative estimate of drug-likeness (QED) is 0.654. The monoisotopic (exact) mass is 266 g/mol. The Balaban J connectivity index is 2.14. The Kier molecular flexibility index (Phi) is 4.65. The van der Waals surface area contributed by atoms with Crippen molar-refractivity contribution in [2.45, 2.75) is 52.4 Å². The molecule has 20 heavy (non-hydrogen) atoms. The van der Waals surface area contributed by atoms with Crippen LogP contribution < -0.4 is 0 Å². The molecular formula is C20H26. The van der Waals surface area contributed by atoms with Gasteiger partial charge >= 0.3 is 0 Å². The van der Waals surface area contributed by atoms with E-state index in [1.54, 1.807) is 0 Å². The average Bonchev–Trinajstić information content (AvgIpc) is 2.49. The van der Waals surface area contributed by atoms with Crippen molar-refractivity contribution in [3.8, 4) is 0 Å². The molecule has 0 saturated carbocycles. The molecular weight excluding hydrogens is 240 g/mol. The molecule has 0 heterocycles. The van der Waals surface area contributed by atoms with E-state index in [9.17, 15) is 0 Å². The van der Waals surface area contributed by atoms with Gasteiger partial charge in [-0.2, -0.15) is 0 Å². The maximum atomic E-state index is 2.36. The molecule has 0 unspecified atom stereocenters. The first-order chi connectivity index (χ1) is 9.57. The standard InChI is InChI=1S/C20H26/c1-5-20(4,6-2)19-13-11-18(12-14-19)15-17-9-7-16(3)8-10-17/h7-14H,5-6,15H2,1-4H3. The van der Waals surface area contributed by atoms with E-state index in [0.29, 0.717) is 5.41 Å². The van der Waals surface area contributed by atoms with Crippen LogP contribution in [-0.4, -0.2) is 0 Å². The number of aryl methyl sites for hydroxylation is 1. The van der Waals surface area contributed by atoms with Crippen molar-refractivity contribution in [1.82, 2.24) is 0 Å². The van der Waals surface area contributed by atoms with Crippen molar-refractivity contribution in [2.75, 3.05) is 0 Å². The summed E-state index contributed by atoms with van der Waals surface area (Å²) in [5.41, 5.74) is 5.90. The SMILES string of the molecule is CCC(C)(CC)c1ccc(Cc2ccc(C)cc2)cc1. The summed E-state index contributed by atoms with van der Waals surface area (Å²) in [5.74, 6) is 0. The minimum absolute atomic E-state index is 0.322. The van der Waals surface area contributed by atoms with Gasteiger partial charge in [0.15, 0.2) is 0 Å². The Morgan fingerprint density at radius 3 is 1.65 bits per heavy atom. The Morgan fingerprint density at radius 2 is 1.20 bits per heavy atom. The van der Waals surface area contributed by atoms with Gasteiger partial charge in [0.05, 0.1) is 0 Å². The highest BCUT2D eigenvalue weighted by molar-refractivity contribution is 5.32. The summed E-state index contributed by atoms with van der Waals surface area (Å²) in [6.45, 7) is 9.06. The Bertz CT molecular complexity index is 527. The summed E-state index contributed by atoms with van der Waals surface area (Å²) in [6.07, 6.45) is 3.41. The van der Waals surface area contributed by atoms with Crippen molar-refractivity contribution in [2.24, 2.45) is 0 Å². The minimum Gasteiger partial charge on any atom is -0.0645 e. The van der Waals surface area contributed by atoms with Gasteiger partial charge in [-0.3, -0.25) is 0 Å². The van der Waals surface area contributed by atoms with Crippen LogP contribution in [0.15, 0.2) is 48.5 Å². The van der Waals surface area contributed by atoms with Gasteiger partial charge in [0.25, 0.3) is 0 Å². The van der Waals surface area contributed by atoms with Crippen LogP contribution in [0.2, 0.25) is 0 Å². The molecule has 0 saturated heterocycles. The second-order valence-electron chi connectivity index (χ2n) is 6.13. The first kappa shape index (κ1) is 14.8. The summed E-state index contributed by atoms with van der Waals surface area (Å²) in [5, 5.41) is 0. The summed E-state index contributed by atoms with van der Waals surface area (Å²) in [6, 6.07) is 18.0. The predicted molar refractivity (Wildman–Crippen MR) is 88.4 cm³/mol. The molecule has 0 heteroatoms. The second kappa shape index (κ2) is 6.26. The zero-order valence-corrected chi connectivity index (χ0v) is 13.2. The molecule has 0 aliphatic heterocycles. The third-order valence-corrected chi connectivity index (χ3v) is 4.74. The number of hydrogen-bond acceptors (Lipinski definition) is 0. The molecule has 0 bridgehead atoms. The first-order valence-electron chi connectivity index (χ1n) is 7.72. The highest BCUT2D eigenvalue weighted by Crippen LogP contribution is 2.31. The van der Waals surface area contributed by atoms with Crippen molar-refractivity contribution >= 4 is 0 Å². The lowest BCUT2D eigenvalue weighted by molar-refractivity contribution is 0.439. The molecule has 2 rings (SSSR count). The molecule has 106 valence electrons. The van der Waals surface area contributed by atoms with Crippen LogP contribution in [0.1, 0.15) is 55.9 Å². The molecule has 0 aromatic heterocycles. The number of rotatable bonds is 5. The van der Waals surface area contributed by atoms with Crippen LogP contribution in [0.5, 0.6) is 0 Å². The van der Waals surface area contributed by atoms with Crippen LogP contribution in [0, 0.1) is 6.92 Å². The fraction of sp³-hybridized carbons (Fsp3) is 0.400. The summed E-state index contributed by atoms with van der Waals surface area (Å²) in [7, 11) is 0. The minimum atomic E-state index is 0.322. The van der Waals surface area contributed by atoms with Gasteiger partial charge in [0.1, 0.15) is 0 Å². The Morgan fingerprint density at radius 1 is 0.750 bits per heavy atom. The van der Waals surface area contributed by atoms with Gasteiger partial charge in [0, 0.05) is 0 Å². The second-order valence-corrected chi connectivity index (χ2v) is 6.13. The predicted octanol–water partition coefficient (Wildman–Crippen LogP) is 5.66. The van der Waals surface area contributed by atoms with E-state index >= 15 is 0 Å². The van der Waals surface area contributed by atoms with Gasteiger partial charge in [0.2, 0.25) is 0 Å². The number of hydrogen-bond donors (Lipinski definition) is 0. The van der Waals surface area contributed by atoms with E-state index in [1.165, 1.54) is 35.1 Å². The van der Waals surface area contributed by atoms with E-state index in [1.807, 2.05) is 0 Å². The summed E-state index contributed by atoms with van der Waals surface area (Å²) >= 11 is 0. The molecule has 0 N–H and O–H groups in total. The van der Waals surface area contributed by atoms with Gasteiger partial charge in [-0.1, -0.05) is 74.9 Å². The van der Waals surface area contributed by atoms with Gasteiger partial charge in [-0.05, 0) is 48.3 Å². The Labute approximate surface area is 123 Å². The maximum absolute atomic E-state index is 2.36. The molecule has 0 aliphatic carbocycles. The van der Waals surface area contributed by atoms with E-state index in [-0.39, 0.29) is 0 Å². The zero-order valence-electron chi connectivity index (χ0n) is 13.2. The van der Waals surface area contributed by atoms with Crippen molar-refractivity contribution in [3.05, 3.63) is 70.8 Å². The van der Waals surface area contributed by atoms with Gasteiger partial charge < -0.3 is 0 Å². The normalized spacial score (nSPS) is 11.6. The highest BCUT2D eigenvalue weighted by atomic mass is 14.3. The highest BCUT2D eigenvalue weighted by Gasteiger charge is 2.21. The molecule has 0 fully saturated rings. The smallest absolute Gasteiger partial charge is 0.00258 e. The molecule has 0 radical (unpaired) electrons. The lowest BCUT2D eigenvalue weighted by atomic mass is 9.77. The van der Waals surface area contributed by atoms with E-state index in [4.69, 9.17) is 0 Å². The molecule has 2 aromatic rings. The van der Waals surface area contributed by atoms with E-state index in [0.717, 1.165) is 6.42 Å². The van der Waals surface area contributed by atoms with Crippen LogP contribution in [0.3, 0.4) is 0 Å². The maximum Gasteiger partial charge on any atom is -0.00258 e. The molecule has 0 atom stereocenters. The lowest BCUT2D eigenvalue weighted by Gasteiger charge is -2.27. The summed E-state index contributed by atoms with van der Waals surface area (Å²) < 4.78 is 0. The first-order valence-corrected chi connectivity index (χ1v) is 7.72. The third-order valence-electron chi connectivity index (χ3n) is 4.74. The lowest BCUT2D eigenvalue weighted by Crippen LogP contribution is -2.19. The van der Waals surface area contributed by atoms with Crippen LogP contribution in [-0.2, 0) is 11.8 Å². The topological polar surface area (TPSA) is 0 Å². The number of benzene rings is 2. The molecule has 0 amide bonds. The largest absolute Gasteiger partial charge is 0.0645 e. The molecule has 2 aromatic carbocycles. The van der Waals surface area contributed by atoms with Crippen molar-refractivity contribution in [3.63, 3.8) is 0 Å². The fourth-order valence-corrected chi connectivity index (χ4v) is 2.62. The fourth-order valence-electron chi connectivity index (χ4n) is 2.62. The van der Waals surface area contributed by atoms with Crippen molar-refractivity contribution in [1.29, 1.82) is 0 Å². The average molecular weight is 266 g/mol. The van der Waals surface area contributed by atoms with Crippen molar-refractivity contribution < 1.29 is 0 Å². The van der Waals surface area contributed by atoms with Crippen LogP contribution in [0.4, 0.5) is 0 Å². The Hall–Kier alpha value is -1.56. The third kappa shape index (κ3) is 3.30. The van der Waals surface area contributed by atoms with Crippen LogP contribution in [0.25, 0.3) is 0 Å². The van der Waals surface area contributed by atoms with Crippen LogP contribution >= 0.6 is 0 Å². The molecule has 0 spiro atoms. The van der Waals surface area contributed by atoms with Gasteiger partial charge in [-0.25, -0.2) is 0 Å². The summed E-state index contributed by atoms with van der Waals surface area (Å²) in [4.78, 5) is 0.